The zero-order chi connectivity index (χ0) is 18.6. The van der Waals surface area contributed by atoms with Crippen molar-refractivity contribution in [3.05, 3.63) is 71.2 Å². The zero-order valence-corrected chi connectivity index (χ0v) is 15.8. The number of amides is 1. The lowest BCUT2D eigenvalue weighted by Gasteiger charge is -2.11. The van der Waals surface area contributed by atoms with Crippen molar-refractivity contribution in [3.63, 3.8) is 0 Å². The highest BCUT2D eigenvalue weighted by Gasteiger charge is 2.33. The van der Waals surface area contributed by atoms with Crippen molar-refractivity contribution in [2.24, 2.45) is 4.99 Å². The molecule has 134 valence electrons. The predicted octanol–water partition coefficient (Wildman–Crippen LogP) is 4.32. The number of aliphatic imine (C=N–C) groups is 1. The number of nitrogens with one attached hydrogen (secondary N) is 1. The van der Waals surface area contributed by atoms with Crippen LogP contribution >= 0.6 is 23.1 Å². The molecule has 0 saturated carbocycles. The number of thioether (sulfide) groups is 1. The number of rotatable bonds is 5. The average Bonchev–Trinajstić information content (AvgIpc) is 3.42. The summed E-state index contributed by atoms with van der Waals surface area (Å²) in [6.07, 6.45) is 6.94. The number of hydrogen-bond donors (Lipinski definition) is 1. The Morgan fingerprint density at radius 1 is 1.30 bits per heavy atom. The van der Waals surface area contributed by atoms with E-state index in [0.29, 0.717) is 21.7 Å². The summed E-state index contributed by atoms with van der Waals surface area (Å²) in [5.74, 6) is -0.101. The van der Waals surface area contributed by atoms with Crippen LogP contribution in [-0.4, -0.2) is 37.7 Å². The number of H-pyrrole nitrogens is 1. The first kappa shape index (κ1) is 17.4. The van der Waals surface area contributed by atoms with Gasteiger partial charge in [-0.05, 0) is 17.8 Å². The van der Waals surface area contributed by atoms with E-state index in [2.05, 4.69) is 26.8 Å². The van der Waals surface area contributed by atoms with Crippen LogP contribution in [0, 0.1) is 0 Å². The number of benzene rings is 1. The second-order valence-corrected chi connectivity index (χ2v) is 7.47. The normalized spacial score (nSPS) is 17.2. The van der Waals surface area contributed by atoms with Gasteiger partial charge in [0.25, 0.3) is 5.91 Å². The zero-order valence-electron chi connectivity index (χ0n) is 14.2. The second kappa shape index (κ2) is 7.73. The summed E-state index contributed by atoms with van der Waals surface area (Å²) in [7, 11) is 0. The molecule has 3 heterocycles. The number of aromatic amines is 1. The Bertz CT molecular complexity index is 1020. The van der Waals surface area contributed by atoms with Crippen LogP contribution in [0.4, 0.5) is 5.13 Å². The fraction of sp³-hybridized carbons (Fsp3) is 0.0526. The molecule has 0 atom stereocenters. The molecule has 0 aliphatic carbocycles. The highest BCUT2D eigenvalue weighted by atomic mass is 32.2. The van der Waals surface area contributed by atoms with Gasteiger partial charge >= 0.3 is 0 Å². The highest BCUT2D eigenvalue weighted by Crippen LogP contribution is 2.35. The molecule has 27 heavy (non-hydrogen) atoms. The van der Waals surface area contributed by atoms with Gasteiger partial charge in [-0.3, -0.25) is 14.8 Å². The summed E-state index contributed by atoms with van der Waals surface area (Å²) in [4.78, 5) is 23.7. The molecule has 4 rings (SSSR count). The summed E-state index contributed by atoms with van der Waals surface area (Å²) in [6.45, 7) is 4.13. The van der Waals surface area contributed by atoms with Gasteiger partial charge in [0.15, 0.2) is 5.17 Å². The third-order valence-corrected chi connectivity index (χ3v) is 5.50. The molecular weight excluding hydrogens is 378 g/mol. The van der Waals surface area contributed by atoms with Gasteiger partial charge in [-0.2, -0.15) is 10.1 Å². The van der Waals surface area contributed by atoms with Gasteiger partial charge in [0.1, 0.15) is 0 Å². The van der Waals surface area contributed by atoms with Gasteiger partial charge in [0.05, 0.1) is 16.8 Å². The van der Waals surface area contributed by atoms with E-state index in [9.17, 15) is 4.79 Å². The van der Waals surface area contributed by atoms with Crippen LogP contribution in [0.5, 0.6) is 0 Å². The Morgan fingerprint density at radius 2 is 2.15 bits per heavy atom. The number of thiazole rings is 1. The van der Waals surface area contributed by atoms with Crippen molar-refractivity contribution in [1.29, 1.82) is 0 Å². The average molecular weight is 393 g/mol. The first-order valence-electron chi connectivity index (χ1n) is 8.15. The van der Waals surface area contributed by atoms with E-state index in [1.807, 2.05) is 41.8 Å². The molecule has 6 nitrogen and oxygen atoms in total. The molecule has 1 amide bonds. The standard InChI is InChI=1S/C19H15N5OS2/c1-2-9-24-17(25)15(27-19(24)22-18-20-8-10-26-18)11-14-12-21-23-16(14)13-6-4-3-5-7-13/h2-8,10-12H,1,9H2,(H,21,23)/b15-11-,22-19+. The Labute approximate surface area is 164 Å². The molecule has 0 bridgehead atoms. The number of carbonyl (C=O) groups is 1. The summed E-state index contributed by atoms with van der Waals surface area (Å²) in [6, 6.07) is 9.89. The van der Waals surface area contributed by atoms with Crippen LogP contribution in [0.2, 0.25) is 0 Å². The van der Waals surface area contributed by atoms with Gasteiger partial charge in [-0.15, -0.1) is 17.9 Å². The van der Waals surface area contributed by atoms with Crippen LogP contribution in [0.1, 0.15) is 5.56 Å². The Morgan fingerprint density at radius 3 is 2.89 bits per heavy atom. The first-order chi connectivity index (χ1) is 13.3. The van der Waals surface area contributed by atoms with Crippen LogP contribution in [-0.2, 0) is 4.79 Å². The lowest BCUT2D eigenvalue weighted by Crippen LogP contribution is -2.29. The van der Waals surface area contributed by atoms with Crippen LogP contribution in [0.15, 0.2) is 70.7 Å². The second-order valence-electron chi connectivity index (χ2n) is 5.59. The van der Waals surface area contributed by atoms with Crippen molar-refractivity contribution in [2.45, 2.75) is 0 Å². The van der Waals surface area contributed by atoms with E-state index in [-0.39, 0.29) is 5.91 Å². The van der Waals surface area contributed by atoms with Gasteiger partial charge in [-0.1, -0.05) is 36.4 Å². The fourth-order valence-electron chi connectivity index (χ4n) is 2.62. The minimum absolute atomic E-state index is 0.101. The number of amidine groups is 1. The molecule has 1 aliphatic heterocycles. The van der Waals surface area contributed by atoms with Gasteiger partial charge < -0.3 is 0 Å². The van der Waals surface area contributed by atoms with Crippen molar-refractivity contribution >= 4 is 45.4 Å². The topological polar surface area (TPSA) is 74.2 Å². The minimum Gasteiger partial charge on any atom is -0.282 e. The molecule has 1 saturated heterocycles. The highest BCUT2D eigenvalue weighted by molar-refractivity contribution is 8.18. The molecular formula is C19H15N5OS2. The Kier molecular flexibility index (Phi) is 4.99. The molecule has 1 aromatic carbocycles. The van der Waals surface area contributed by atoms with E-state index in [0.717, 1.165) is 16.8 Å². The van der Waals surface area contributed by atoms with E-state index in [1.165, 1.54) is 23.1 Å². The molecule has 1 N–H and O–H groups in total. The van der Waals surface area contributed by atoms with Crippen molar-refractivity contribution in [1.82, 2.24) is 20.1 Å². The quantitative estimate of drug-likeness (QED) is 0.517. The summed E-state index contributed by atoms with van der Waals surface area (Å²) in [5.41, 5.74) is 2.74. The largest absolute Gasteiger partial charge is 0.282 e. The van der Waals surface area contributed by atoms with Gasteiger partial charge in [0.2, 0.25) is 5.13 Å². The summed E-state index contributed by atoms with van der Waals surface area (Å²) >= 11 is 2.76. The molecule has 3 aromatic rings. The van der Waals surface area contributed by atoms with E-state index >= 15 is 0 Å². The van der Waals surface area contributed by atoms with Crippen molar-refractivity contribution in [2.75, 3.05) is 6.54 Å². The number of nitrogens with zero attached hydrogens (tertiary/aromatic N) is 4. The molecule has 8 heteroatoms. The molecule has 0 unspecified atom stereocenters. The van der Waals surface area contributed by atoms with E-state index < -0.39 is 0 Å². The van der Waals surface area contributed by atoms with Gasteiger partial charge in [-0.25, -0.2) is 4.98 Å². The van der Waals surface area contributed by atoms with Gasteiger partial charge in [0, 0.05) is 29.2 Å². The smallest absolute Gasteiger partial charge is 0.267 e. The maximum atomic E-state index is 12.9. The minimum atomic E-state index is -0.101. The predicted molar refractivity (Wildman–Crippen MR) is 111 cm³/mol. The molecule has 1 fully saturated rings. The van der Waals surface area contributed by atoms with Crippen LogP contribution < -0.4 is 0 Å². The summed E-state index contributed by atoms with van der Waals surface area (Å²) in [5, 5.41) is 10.2. The summed E-state index contributed by atoms with van der Waals surface area (Å²) < 4.78 is 0. The third-order valence-electron chi connectivity index (χ3n) is 3.83. The Hall–Kier alpha value is -2.97. The fourth-order valence-corrected chi connectivity index (χ4v) is 4.16. The van der Waals surface area contributed by atoms with Crippen LogP contribution in [0.25, 0.3) is 17.3 Å². The van der Waals surface area contributed by atoms with E-state index in [4.69, 9.17) is 0 Å². The maximum absolute atomic E-state index is 12.9. The van der Waals surface area contributed by atoms with Crippen LogP contribution in [0.3, 0.4) is 0 Å². The number of hydrogen-bond acceptors (Lipinski definition) is 6. The molecule has 0 spiro atoms. The SMILES string of the molecule is C=CCN1C(=O)/C(=C/c2cn[nH]c2-c2ccccc2)S/C1=N/c1nccs1. The van der Waals surface area contributed by atoms with Crippen molar-refractivity contribution in [3.8, 4) is 11.3 Å². The molecule has 0 radical (unpaired) electrons. The maximum Gasteiger partial charge on any atom is 0.267 e. The lowest BCUT2D eigenvalue weighted by atomic mass is 10.1. The third kappa shape index (κ3) is 3.62. The monoisotopic (exact) mass is 393 g/mol. The number of carbonyl (C=O) groups excluding carboxylic acids is 1. The number of aromatic nitrogens is 3. The Balaban J connectivity index is 1.70. The molecule has 1 aliphatic rings. The van der Waals surface area contributed by atoms with E-state index in [1.54, 1.807) is 23.4 Å². The molecule has 2 aromatic heterocycles. The van der Waals surface area contributed by atoms with Crippen molar-refractivity contribution < 1.29 is 4.79 Å². The first-order valence-corrected chi connectivity index (χ1v) is 9.85. The lowest BCUT2D eigenvalue weighted by molar-refractivity contribution is -0.121.